The number of rotatable bonds is 10. The SMILES string of the molecule is CCc1c(N2CCN(C(=O)c3ncnc(C)c3OCc3ccccc3)CC2)c(=O)n2nc(-c3ccn4ncc(C)c4c3)nc2n1CC(=O)Nc1ccc(C(F)(F)F)cc1Cl. The highest BCUT2D eigenvalue weighted by atomic mass is 35.5. The summed E-state index contributed by atoms with van der Waals surface area (Å²) in [7, 11) is 0. The first-order chi connectivity index (χ1) is 28.8. The van der Waals surface area contributed by atoms with E-state index in [0.717, 1.165) is 39.4 Å². The van der Waals surface area contributed by atoms with Crippen LogP contribution in [0.4, 0.5) is 24.5 Å². The second-order valence-corrected chi connectivity index (χ2v) is 14.6. The largest absolute Gasteiger partial charge is 0.485 e. The first-order valence-corrected chi connectivity index (χ1v) is 19.3. The molecule has 2 aromatic carbocycles. The summed E-state index contributed by atoms with van der Waals surface area (Å²) in [6.45, 7) is 6.25. The Balaban J connectivity index is 1.12. The van der Waals surface area contributed by atoms with Gasteiger partial charge in [0.15, 0.2) is 17.3 Å². The lowest BCUT2D eigenvalue weighted by Crippen LogP contribution is -2.51. The third-order valence-electron chi connectivity index (χ3n) is 10.3. The zero-order valence-electron chi connectivity index (χ0n) is 32.6. The number of carbonyl (C=O) groups is 2. The molecule has 6 heterocycles. The molecule has 0 unspecified atom stereocenters. The third-order valence-corrected chi connectivity index (χ3v) is 10.6. The van der Waals surface area contributed by atoms with Crippen molar-refractivity contribution in [2.75, 3.05) is 36.4 Å². The molecular formula is C41H37ClF3N11O4. The van der Waals surface area contributed by atoms with Gasteiger partial charge in [-0.1, -0.05) is 48.9 Å². The average molecular weight is 840 g/mol. The Morgan fingerprint density at radius 1 is 0.983 bits per heavy atom. The molecule has 0 spiro atoms. The van der Waals surface area contributed by atoms with Gasteiger partial charge in [0.05, 0.1) is 39.4 Å². The minimum atomic E-state index is -4.62. The molecule has 1 aliphatic rings. The number of hydrogen-bond acceptors (Lipinski definition) is 10. The second-order valence-electron chi connectivity index (χ2n) is 14.2. The van der Waals surface area contributed by atoms with E-state index in [2.05, 4.69) is 25.5 Å². The van der Waals surface area contributed by atoms with Crippen molar-refractivity contribution in [3.63, 3.8) is 0 Å². The second kappa shape index (κ2) is 16.1. The van der Waals surface area contributed by atoms with Crippen molar-refractivity contribution in [2.45, 2.75) is 46.5 Å². The summed E-state index contributed by atoms with van der Waals surface area (Å²) in [6.07, 6.45) is 0.451. The third kappa shape index (κ3) is 7.72. The Morgan fingerprint density at radius 2 is 1.75 bits per heavy atom. The quantitative estimate of drug-likeness (QED) is 0.173. The van der Waals surface area contributed by atoms with Crippen LogP contribution >= 0.6 is 11.6 Å². The molecular weight excluding hydrogens is 803 g/mol. The standard InChI is InChI=1S/C41H37ClF3N11O4/c1-4-31-35(52-14-16-53(17-15-52)38(58)34-36(25(3)46-23-47-34)60-22-26-8-6-5-7-9-26)39(59)56-40(50-37(51-56)27-12-13-55-32(18-27)24(2)20-48-55)54(31)21-33(57)49-30-11-10-28(19-29(30)42)41(43,44)45/h5-13,18-20,23H,4,14-17,21-22H2,1-3H3,(H,49,57). The molecule has 1 fully saturated rings. The fourth-order valence-corrected chi connectivity index (χ4v) is 7.45. The fourth-order valence-electron chi connectivity index (χ4n) is 7.22. The monoisotopic (exact) mass is 839 g/mol. The summed E-state index contributed by atoms with van der Waals surface area (Å²) >= 11 is 6.19. The Kier molecular flexibility index (Phi) is 10.7. The van der Waals surface area contributed by atoms with Crippen molar-refractivity contribution in [2.24, 2.45) is 0 Å². The van der Waals surface area contributed by atoms with Crippen molar-refractivity contribution >= 4 is 46.1 Å². The summed E-state index contributed by atoms with van der Waals surface area (Å²) in [5.74, 6) is -0.405. The van der Waals surface area contributed by atoms with E-state index in [4.69, 9.17) is 21.3 Å². The molecule has 1 aliphatic heterocycles. The van der Waals surface area contributed by atoms with Crippen LogP contribution in [0.15, 0.2) is 84.2 Å². The first-order valence-electron chi connectivity index (χ1n) is 19.0. The van der Waals surface area contributed by atoms with Crippen LogP contribution in [0.3, 0.4) is 0 Å². The van der Waals surface area contributed by atoms with Gasteiger partial charge in [-0.05, 0) is 61.7 Å². The van der Waals surface area contributed by atoms with E-state index in [1.54, 1.807) is 39.4 Å². The minimum absolute atomic E-state index is 0.0232. The predicted octanol–water partition coefficient (Wildman–Crippen LogP) is 6.03. The lowest BCUT2D eigenvalue weighted by Gasteiger charge is -2.36. The normalized spacial score (nSPS) is 13.3. The van der Waals surface area contributed by atoms with E-state index in [9.17, 15) is 27.6 Å². The highest BCUT2D eigenvalue weighted by Gasteiger charge is 2.33. The molecule has 0 radical (unpaired) electrons. The number of aromatic nitrogens is 8. The number of ether oxygens (including phenoxy) is 1. The summed E-state index contributed by atoms with van der Waals surface area (Å²) in [6, 6.07) is 15.8. The first kappa shape index (κ1) is 40.0. The fraction of sp³-hybridized carbons (Fsp3) is 0.268. The van der Waals surface area contributed by atoms with E-state index in [1.807, 2.05) is 55.1 Å². The van der Waals surface area contributed by atoms with Crippen molar-refractivity contribution in [1.82, 2.24) is 43.6 Å². The number of halogens is 4. The molecule has 60 heavy (non-hydrogen) atoms. The van der Waals surface area contributed by atoms with Crippen LogP contribution in [-0.2, 0) is 30.5 Å². The molecule has 19 heteroatoms. The van der Waals surface area contributed by atoms with Gasteiger partial charge in [0.2, 0.25) is 11.7 Å². The molecule has 1 saturated heterocycles. The number of nitrogens with zero attached hydrogens (tertiary/aromatic N) is 10. The topological polar surface area (TPSA) is 157 Å². The van der Waals surface area contributed by atoms with Crippen LogP contribution in [0.2, 0.25) is 5.02 Å². The summed E-state index contributed by atoms with van der Waals surface area (Å²) in [5.41, 5.74) is 3.14. The van der Waals surface area contributed by atoms with Gasteiger partial charge in [0.1, 0.15) is 25.2 Å². The summed E-state index contributed by atoms with van der Waals surface area (Å²) in [4.78, 5) is 59.0. The van der Waals surface area contributed by atoms with Crippen LogP contribution in [-0.4, -0.2) is 81.6 Å². The number of hydrogen-bond donors (Lipinski definition) is 1. The number of aryl methyl sites for hydroxylation is 2. The number of fused-ring (bicyclic) bond motifs is 2. The van der Waals surface area contributed by atoms with Gasteiger partial charge in [-0.2, -0.15) is 27.8 Å². The van der Waals surface area contributed by atoms with E-state index >= 15 is 0 Å². The van der Waals surface area contributed by atoms with Crippen LogP contribution in [0.5, 0.6) is 5.75 Å². The van der Waals surface area contributed by atoms with Gasteiger partial charge in [-0.25, -0.2) is 14.5 Å². The molecule has 0 aliphatic carbocycles. The molecule has 0 atom stereocenters. The molecule has 7 aromatic rings. The number of anilines is 2. The highest BCUT2D eigenvalue weighted by Crippen LogP contribution is 2.34. The Bertz CT molecular complexity index is 2830. The van der Waals surface area contributed by atoms with Gasteiger partial charge in [0, 0.05) is 37.9 Å². The molecule has 15 nitrogen and oxygen atoms in total. The lowest BCUT2D eigenvalue weighted by atomic mass is 10.2. The average Bonchev–Trinajstić information content (AvgIpc) is 3.86. The molecule has 8 rings (SSSR count). The summed E-state index contributed by atoms with van der Waals surface area (Å²) in [5, 5.41) is 11.3. The Hall–Kier alpha value is -6.82. The summed E-state index contributed by atoms with van der Waals surface area (Å²) < 4.78 is 50.5. The maximum Gasteiger partial charge on any atom is 0.416 e. The molecule has 2 amide bonds. The van der Waals surface area contributed by atoms with Gasteiger partial charge < -0.3 is 24.4 Å². The molecule has 5 aromatic heterocycles. The van der Waals surface area contributed by atoms with Gasteiger partial charge in [0.25, 0.3) is 11.5 Å². The lowest BCUT2D eigenvalue weighted by molar-refractivity contribution is -0.137. The van der Waals surface area contributed by atoms with Gasteiger partial charge >= 0.3 is 6.18 Å². The van der Waals surface area contributed by atoms with Crippen molar-refractivity contribution in [3.8, 4) is 17.1 Å². The van der Waals surface area contributed by atoms with E-state index in [-0.39, 0.29) is 84.6 Å². The Labute approximate surface area is 345 Å². The van der Waals surface area contributed by atoms with Crippen molar-refractivity contribution in [1.29, 1.82) is 0 Å². The number of nitrogens with one attached hydrogen (secondary N) is 1. The molecule has 308 valence electrons. The number of benzene rings is 2. The number of carbonyl (C=O) groups excluding carboxylic acids is 2. The van der Waals surface area contributed by atoms with Crippen LogP contribution < -0.4 is 20.5 Å². The molecule has 1 N–H and O–H groups in total. The molecule has 0 saturated carbocycles. The zero-order chi connectivity index (χ0) is 42.3. The Morgan fingerprint density at radius 3 is 2.47 bits per heavy atom. The number of amides is 2. The van der Waals surface area contributed by atoms with Crippen LogP contribution in [0.25, 0.3) is 22.7 Å². The van der Waals surface area contributed by atoms with E-state index in [0.29, 0.717) is 17.0 Å². The smallest absolute Gasteiger partial charge is 0.416 e. The van der Waals surface area contributed by atoms with Crippen molar-refractivity contribution < 1.29 is 27.5 Å². The van der Waals surface area contributed by atoms with Gasteiger partial charge in [-0.15, -0.1) is 5.10 Å². The minimum Gasteiger partial charge on any atom is -0.485 e. The highest BCUT2D eigenvalue weighted by molar-refractivity contribution is 6.33. The maximum atomic E-state index is 14.5. The number of alkyl halides is 3. The van der Waals surface area contributed by atoms with Crippen LogP contribution in [0, 0.1) is 13.8 Å². The van der Waals surface area contributed by atoms with E-state index in [1.165, 1.54) is 6.33 Å². The zero-order valence-corrected chi connectivity index (χ0v) is 33.3. The number of piperazine rings is 1. The maximum absolute atomic E-state index is 14.5. The predicted molar refractivity (Wildman–Crippen MR) is 216 cm³/mol. The van der Waals surface area contributed by atoms with E-state index < -0.39 is 29.8 Å². The van der Waals surface area contributed by atoms with Crippen LogP contribution in [0.1, 0.15) is 45.5 Å². The van der Waals surface area contributed by atoms with Crippen molar-refractivity contribution in [3.05, 3.63) is 129 Å². The molecule has 0 bridgehead atoms. The number of pyridine rings is 1. The van der Waals surface area contributed by atoms with Gasteiger partial charge in [-0.3, -0.25) is 14.4 Å².